The molecule has 0 aromatic heterocycles. The minimum atomic E-state index is -3.57. The molecule has 2 N–H and O–H groups in total. The Morgan fingerprint density at radius 2 is 2.05 bits per heavy atom. The largest absolute Gasteiger partial charge is 0.481 e. The van der Waals surface area contributed by atoms with E-state index in [-0.39, 0.29) is 19.1 Å². The molecule has 1 aliphatic heterocycles. The summed E-state index contributed by atoms with van der Waals surface area (Å²) in [6.07, 6.45) is 2.29. The first-order valence-electron chi connectivity index (χ1n) is 6.89. The van der Waals surface area contributed by atoms with Crippen molar-refractivity contribution in [3.8, 4) is 0 Å². The summed E-state index contributed by atoms with van der Waals surface area (Å²) in [6, 6.07) is -0.243. The van der Waals surface area contributed by atoms with Gasteiger partial charge in [0.05, 0.1) is 12.5 Å². The molecule has 1 heterocycles. The lowest BCUT2D eigenvalue weighted by Gasteiger charge is -2.30. The molecule has 0 aromatic rings. The van der Waals surface area contributed by atoms with E-state index in [4.69, 9.17) is 9.84 Å². The number of aliphatic carboxylic acids is 1. The van der Waals surface area contributed by atoms with Gasteiger partial charge in [-0.15, -0.1) is 0 Å². The molecule has 8 heteroatoms. The highest BCUT2D eigenvalue weighted by atomic mass is 32.2. The third kappa shape index (κ3) is 5.01. The van der Waals surface area contributed by atoms with E-state index in [1.54, 1.807) is 0 Å². The van der Waals surface area contributed by atoms with Crippen LogP contribution >= 0.6 is 0 Å². The van der Waals surface area contributed by atoms with Crippen LogP contribution in [0.4, 0.5) is 0 Å². The molecule has 0 amide bonds. The summed E-state index contributed by atoms with van der Waals surface area (Å²) in [7, 11) is -2.03. The number of methoxy groups -OCH3 is 1. The van der Waals surface area contributed by atoms with Gasteiger partial charge in [0.1, 0.15) is 0 Å². The van der Waals surface area contributed by atoms with Crippen LogP contribution in [0.15, 0.2) is 0 Å². The van der Waals surface area contributed by atoms with Crippen molar-refractivity contribution in [3.63, 3.8) is 0 Å². The summed E-state index contributed by atoms with van der Waals surface area (Å²) in [6.45, 7) is 2.81. The van der Waals surface area contributed by atoms with Crippen molar-refractivity contribution in [2.45, 2.75) is 38.6 Å². The number of carboxylic acid groups (broad SMARTS) is 1. The number of carboxylic acids is 1. The zero-order valence-electron chi connectivity index (χ0n) is 12.0. The Hall–Kier alpha value is -0.700. The predicted octanol–water partition coefficient (Wildman–Crippen LogP) is 0.433. The number of hydrogen-bond donors (Lipinski definition) is 2. The quantitative estimate of drug-likeness (QED) is 0.678. The van der Waals surface area contributed by atoms with Gasteiger partial charge in [-0.3, -0.25) is 4.79 Å². The molecule has 0 aliphatic carbocycles. The zero-order chi connectivity index (χ0) is 15.2. The number of carbonyl (C=O) groups is 1. The lowest BCUT2D eigenvalue weighted by molar-refractivity contribution is -0.142. The van der Waals surface area contributed by atoms with Gasteiger partial charge in [-0.05, 0) is 19.3 Å². The number of piperidine rings is 1. The molecular weight excluding hydrogens is 284 g/mol. The summed E-state index contributed by atoms with van der Waals surface area (Å²) >= 11 is 0. The molecule has 20 heavy (non-hydrogen) atoms. The summed E-state index contributed by atoms with van der Waals surface area (Å²) < 4.78 is 33.4. The fraction of sp³-hybridized carbons (Fsp3) is 0.917. The van der Waals surface area contributed by atoms with E-state index >= 15 is 0 Å². The molecule has 1 fully saturated rings. The minimum Gasteiger partial charge on any atom is -0.481 e. The van der Waals surface area contributed by atoms with E-state index in [1.807, 2.05) is 6.92 Å². The van der Waals surface area contributed by atoms with Crippen LogP contribution in [0.2, 0.25) is 0 Å². The fourth-order valence-corrected chi connectivity index (χ4v) is 3.80. The summed E-state index contributed by atoms with van der Waals surface area (Å²) in [5.41, 5.74) is 0. The maximum atomic E-state index is 12.2. The number of hydrogen-bond acceptors (Lipinski definition) is 4. The third-order valence-electron chi connectivity index (χ3n) is 3.46. The van der Waals surface area contributed by atoms with Crippen molar-refractivity contribution in [3.05, 3.63) is 0 Å². The first kappa shape index (κ1) is 17.4. The molecule has 1 saturated heterocycles. The molecule has 118 valence electrons. The first-order valence-corrected chi connectivity index (χ1v) is 8.33. The van der Waals surface area contributed by atoms with E-state index in [2.05, 4.69) is 4.72 Å². The smallest absolute Gasteiger partial charge is 0.306 e. The Morgan fingerprint density at radius 3 is 2.50 bits per heavy atom. The highest BCUT2D eigenvalue weighted by Crippen LogP contribution is 2.19. The Morgan fingerprint density at radius 1 is 1.45 bits per heavy atom. The van der Waals surface area contributed by atoms with Crippen molar-refractivity contribution < 1.29 is 23.1 Å². The Labute approximate surface area is 120 Å². The number of nitrogens with one attached hydrogen (secondary N) is 1. The molecule has 0 aromatic carbocycles. The van der Waals surface area contributed by atoms with Crippen LogP contribution in [-0.4, -0.2) is 56.6 Å². The highest BCUT2D eigenvalue weighted by molar-refractivity contribution is 7.87. The normalized spacial score (nSPS) is 19.9. The molecule has 0 saturated carbocycles. The SMILES string of the molecule is CCCC(COC)NS(=O)(=O)N1CCC(C(=O)O)CC1. The Balaban J connectivity index is 2.58. The van der Waals surface area contributed by atoms with Gasteiger partial charge in [-0.1, -0.05) is 13.3 Å². The Bertz CT molecular complexity index is 398. The molecular formula is C12H24N2O5S. The van der Waals surface area contributed by atoms with Crippen LogP contribution in [-0.2, 0) is 19.7 Å². The standard InChI is InChI=1S/C12H24N2O5S/c1-3-4-11(9-19-2)13-20(17,18)14-7-5-10(6-8-14)12(15)16/h10-11,13H,3-9H2,1-2H3,(H,15,16). The molecule has 0 bridgehead atoms. The molecule has 1 unspecified atom stereocenters. The first-order chi connectivity index (χ1) is 9.40. The predicted molar refractivity (Wildman–Crippen MR) is 74.6 cm³/mol. The van der Waals surface area contributed by atoms with Crippen molar-refractivity contribution in [1.82, 2.24) is 9.03 Å². The second kappa shape index (κ2) is 7.92. The summed E-state index contributed by atoms with van der Waals surface area (Å²) in [5, 5.41) is 8.91. The summed E-state index contributed by atoms with van der Waals surface area (Å²) in [4.78, 5) is 10.9. The van der Waals surface area contributed by atoms with Crippen molar-refractivity contribution in [2.75, 3.05) is 26.8 Å². The van der Waals surface area contributed by atoms with Gasteiger partial charge in [-0.2, -0.15) is 17.4 Å². The molecule has 1 aliphatic rings. The molecule has 7 nitrogen and oxygen atoms in total. The van der Waals surface area contributed by atoms with Crippen LogP contribution in [0.3, 0.4) is 0 Å². The van der Waals surface area contributed by atoms with Crippen LogP contribution < -0.4 is 4.72 Å². The molecule has 0 spiro atoms. The third-order valence-corrected chi connectivity index (χ3v) is 5.14. The highest BCUT2D eigenvalue weighted by Gasteiger charge is 2.32. The maximum Gasteiger partial charge on any atom is 0.306 e. The Kier molecular flexibility index (Phi) is 6.87. The van der Waals surface area contributed by atoms with Crippen molar-refractivity contribution >= 4 is 16.2 Å². The molecule has 0 radical (unpaired) electrons. The lowest BCUT2D eigenvalue weighted by atomic mass is 9.99. The van der Waals surface area contributed by atoms with Crippen LogP contribution in [0.5, 0.6) is 0 Å². The van der Waals surface area contributed by atoms with E-state index in [0.717, 1.165) is 6.42 Å². The molecule has 1 rings (SSSR count). The fourth-order valence-electron chi connectivity index (χ4n) is 2.35. The van der Waals surface area contributed by atoms with Crippen LogP contribution in [0, 0.1) is 5.92 Å². The minimum absolute atomic E-state index is 0.243. The lowest BCUT2D eigenvalue weighted by Crippen LogP contribution is -2.49. The zero-order valence-corrected chi connectivity index (χ0v) is 12.9. The van der Waals surface area contributed by atoms with Crippen molar-refractivity contribution in [1.29, 1.82) is 0 Å². The van der Waals surface area contributed by atoms with Gasteiger partial charge in [-0.25, -0.2) is 0 Å². The van der Waals surface area contributed by atoms with Gasteiger partial charge in [0.2, 0.25) is 0 Å². The second-order valence-corrected chi connectivity index (χ2v) is 6.78. The maximum absolute atomic E-state index is 12.2. The number of rotatable bonds is 8. The monoisotopic (exact) mass is 308 g/mol. The van der Waals surface area contributed by atoms with Crippen molar-refractivity contribution in [2.24, 2.45) is 5.92 Å². The summed E-state index contributed by atoms with van der Waals surface area (Å²) in [5.74, 6) is -1.29. The molecule has 1 atom stereocenters. The van der Waals surface area contributed by atoms with E-state index in [1.165, 1.54) is 11.4 Å². The van der Waals surface area contributed by atoms with Gasteiger partial charge < -0.3 is 9.84 Å². The number of ether oxygens (including phenoxy) is 1. The van der Waals surface area contributed by atoms with Crippen LogP contribution in [0.25, 0.3) is 0 Å². The average molecular weight is 308 g/mol. The van der Waals surface area contributed by atoms with E-state index < -0.39 is 22.1 Å². The number of nitrogens with zero attached hydrogens (tertiary/aromatic N) is 1. The van der Waals surface area contributed by atoms with Crippen LogP contribution in [0.1, 0.15) is 32.6 Å². The van der Waals surface area contributed by atoms with Gasteiger partial charge in [0.15, 0.2) is 0 Å². The van der Waals surface area contributed by atoms with E-state index in [9.17, 15) is 13.2 Å². The van der Waals surface area contributed by atoms with Gasteiger partial charge in [0, 0.05) is 26.2 Å². The van der Waals surface area contributed by atoms with E-state index in [0.29, 0.717) is 25.9 Å². The average Bonchev–Trinajstić information content (AvgIpc) is 2.39. The topological polar surface area (TPSA) is 95.9 Å². The second-order valence-electron chi connectivity index (χ2n) is 5.08. The van der Waals surface area contributed by atoms with Gasteiger partial charge >= 0.3 is 5.97 Å². The van der Waals surface area contributed by atoms with Gasteiger partial charge in [0.25, 0.3) is 10.2 Å².